The maximum absolute atomic E-state index is 11.4. The second kappa shape index (κ2) is 6.70. The van der Waals surface area contributed by atoms with Crippen molar-refractivity contribution in [2.24, 2.45) is 0 Å². The minimum atomic E-state index is -0.437. The van der Waals surface area contributed by atoms with E-state index in [-0.39, 0.29) is 0 Å². The lowest BCUT2D eigenvalue weighted by Gasteiger charge is -2.07. The highest BCUT2D eigenvalue weighted by Crippen LogP contribution is 2.02. The molecular formula is C14H16N2O3. The Balaban J connectivity index is 1.80. The van der Waals surface area contributed by atoms with Gasteiger partial charge in [-0.3, -0.25) is 0 Å². The van der Waals surface area contributed by atoms with E-state index in [0.717, 1.165) is 5.56 Å². The fourth-order valence-corrected chi connectivity index (χ4v) is 1.70. The van der Waals surface area contributed by atoms with Crippen LogP contribution in [0.2, 0.25) is 0 Å². The summed E-state index contributed by atoms with van der Waals surface area (Å²) in [5.41, 5.74) is 1.13. The Labute approximate surface area is 111 Å². The van der Waals surface area contributed by atoms with Crippen molar-refractivity contribution >= 4 is 5.97 Å². The highest BCUT2D eigenvalue weighted by Gasteiger charge is 2.12. The zero-order chi connectivity index (χ0) is 13.5. The average Bonchev–Trinajstić information content (AvgIpc) is 2.92. The number of rotatable bonds is 6. The van der Waals surface area contributed by atoms with Gasteiger partial charge in [-0.25, -0.2) is 9.78 Å². The summed E-state index contributed by atoms with van der Waals surface area (Å²) in [7, 11) is 1.34. The molecular weight excluding hydrogens is 244 g/mol. The third-order valence-electron chi connectivity index (χ3n) is 2.67. The van der Waals surface area contributed by atoms with Crippen molar-refractivity contribution < 1.29 is 14.3 Å². The molecule has 0 spiro atoms. The minimum Gasteiger partial charge on any atom is -0.463 e. The molecule has 0 fully saturated rings. The Morgan fingerprint density at radius 1 is 1.32 bits per heavy atom. The molecule has 0 atom stereocenters. The molecule has 1 aromatic heterocycles. The van der Waals surface area contributed by atoms with Crippen LogP contribution in [0.4, 0.5) is 0 Å². The molecule has 0 saturated heterocycles. The van der Waals surface area contributed by atoms with E-state index in [9.17, 15) is 4.79 Å². The summed E-state index contributed by atoms with van der Waals surface area (Å²) in [5.74, 6) is -0.140. The zero-order valence-corrected chi connectivity index (χ0v) is 10.8. The SMILES string of the molecule is COC(=O)c1nccn1CCOCc1ccccc1. The molecule has 2 rings (SSSR count). The van der Waals surface area contributed by atoms with E-state index in [4.69, 9.17) is 4.74 Å². The number of hydrogen-bond donors (Lipinski definition) is 0. The molecule has 1 aromatic carbocycles. The number of carbonyl (C=O) groups excluding carboxylic acids is 1. The van der Waals surface area contributed by atoms with Crippen LogP contribution in [0.3, 0.4) is 0 Å². The van der Waals surface area contributed by atoms with E-state index in [1.807, 2.05) is 30.3 Å². The molecule has 0 saturated carbocycles. The number of ether oxygens (including phenoxy) is 2. The summed E-state index contributed by atoms with van der Waals surface area (Å²) < 4.78 is 11.9. The predicted molar refractivity (Wildman–Crippen MR) is 69.7 cm³/mol. The van der Waals surface area contributed by atoms with E-state index in [0.29, 0.717) is 25.6 Å². The summed E-state index contributed by atoms with van der Waals surface area (Å²) in [6.45, 7) is 1.63. The van der Waals surface area contributed by atoms with Crippen molar-refractivity contribution in [1.82, 2.24) is 9.55 Å². The molecule has 0 N–H and O–H groups in total. The lowest BCUT2D eigenvalue weighted by Crippen LogP contribution is -2.14. The Hall–Kier alpha value is -2.14. The van der Waals surface area contributed by atoms with Crippen LogP contribution in [0.25, 0.3) is 0 Å². The van der Waals surface area contributed by atoms with Crippen LogP contribution >= 0.6 is 0 Å². The molecule has 0 aliphatic carbocycles. The summed E-state index contributed by atoms with van der Waals surface area (Å²) in [5, 5.41) is 0. The van der Waals surface area contributed by atoms with Crippen LogP contribution in [-0.4, -0.2) is 29.2 Å². The van der Waals surface area contributed by atoms with Gasteiger partial charge in [-0.1, -0.05) is 30.3 Å². The fraction of sp³-hybridized carbons (Fsp3) is 0.286. The van der Waals surface area contributed by atoms with Gasteiger partial charge >= 0.3 is 5.97 Å². The Morgan fingerprint density at radius 2 is 2.11 bits per heavy atom. The largest absolute Gasteiger partial charge is 0.463 e. The third-order valence-corrected chi connectivity index (χ3v) is 2.67. The van der Waals surface area contributed by atoms with E-state index in [1.54, 1.807) is 17.0 Å². The summed E-state index contributed by atoms with van der Waals surface area (Å²) in [4.78, 5) is 15.4. The summed E-state index contributed by atoms with van der Waals surface area (Å²) in [6, 6.07) is 9.94. The molecule has 19 heavy (non-hydrogen) atoms. The molecule has 1 heterocycles. The summed E-state index contributed by atoms with van der Waals surface area (Å²) >= 11 is 0. The Morgan fingerprint density at radius 3 is 2.84 bits per heavy atom. The topological polar surface area (TPSA) is 53.3 Å². The molecule has 0 aliphatic rings. The molecule has 2 aromatic rings. The van der Waals surface area contributed by atoms with Gasteiger partial charge in [-0.05, 0) is 5.56 Å². The first-order valence-electron chi connectivity index (χ1n) is 6.02. The zero-order valence-electron chi connectivity index (χ0n) is 10.8. The number of methoxy groups -OCH3 is 1. The van der Waals surface area contributed by atoms with Gasteiger partial charge in [0, 0.05) is 18.9 Å². The van der Waals surface area contributed by atoms with Gasteiger partial charge in [0.1, 0.15) is 0 Å². The van der Waals surface area contributed by atoms with Crippen LogP contribution in [-0.2, 0) is 22.6 Å². The van der Waals surface area contributed by atoms with Crippen LogP contribution in [0.15, 0.2) is 42.7 Å². The minimum absolute atomic E-state index is 0.297. The number of esters is 1. The van der Waals surface area contributed by atoms with Gasteiger partial charge in [0.25, 0.3) is 0 Å². The van der Waals surface area contributed by atoms with Crippen LogP contribution in [0, 0.1) is 0 Å². The number of aromatic nitrogens is 2. The average molecular weight is 260 g/mol. The molecule has 0 aliphatic heterocycles. The number of carbonyl (C=O) groups is 1. The predicted octanol–water partition coefficient (Wildman–Crippen LogP) is 1.89. The number of nitrogens with zero attached hydrogens (tertiary/aromatic N) is 2. The Kier molecular flexibility index (Phi) is 4.69. The van der Waals surface area contributed by atoms with Crippen molar-refractivity contribution in [3.8, 4) is 0 Å². The van der Waals surface area contributed by atoms with Gasteiger partial charge in [0.15, 0.2) is 0 Å². The maximum atomic E-state index is 11.4. The van der Waals surface area contributed by atoms with Gasteiger partial charge in [0.2, 0.25) is 5.82 Å². The number of imidazole rings is 1. The molecule has 5 heteroatoms. The van der Waals surface area contributed by atoms with Crippen molar-refractivity contribution in [3.63, 3.8) is 0 Å². The molecule has 0 unspecified atom stereocenters. The van der Waals surface area contributed by atoms with Crippen molar-refractivity contribution in [3.05, 3.63) is 54.1 Å². The van der Waals surface area contributed by atoms with Crippen LogP contribution in [0.1, 0.15) is 16.2 Å². The van der Waals surface area contributed by atoms with Gasteiger partial charge in [-0.2, -0.15) is 0 Å². The first-order valence-corrected chi connectivity index (χ1v) is 6.02. The quantitative estimate of drug-likeness (QED) is 0.588. The first kappa shape index (κ1) is 13.3. The molecule has 0 amide bonds. The highest BCUT2D eigenvalue weighted by atomic mass is 16.5. The monoisotopic (exact) mass is 260 g/mol. The van der Waals surface area contributed by atoms with E-state index < -0.39 is 5.97 Å². The van der Waals surface area contributed by atoms with Crippen molar-refractivity contribution in [2.75, 3.05) is 13.7 Å². The van der Waals surface area contributed by atoms with Crippen LogP contribution in [0.5, 0.6) is 0 Å². The van der Waals surface area contributed by atoms with E-state index in [1.165, 1.54) is 7.11 Å². The molecule has 0 radical (unpaired) electrons. The second-order valence-corrected chi connectivity index (χ2v) is 3.97. The summed E-state index contributed by atoms with van der Waals surface area (Å²) in [6.07, 6.45) is 3.31. The van der Waals surface area contributed by atoms with Gasteiger partial charge in [0.05, 0.1) is 20.3 Å². The van der Waals surface area contributed by atoms with Crippen molar-refractivity contribution in [2.45, 2.75) is 13.2 Å². The molecule has 100 valence electrons. The first-order chi connectivity index (χ1) is 9.31. The van der Waals surface area contributed by atoms with E-state index in [2.05, 4.69) is 9.72 Å². The standard InChI is InChI=1S/C14H16N2O3/c1-18-14(17)13-15-7-8-16(13)9-10-19-11-12-5-3-2-4-6-12/h2-8H,9-11H2,1H3. The van der Waals surface area contributed by atoms with Crippen LogP contribution < -0.4 is 0 Å². The molecule has 5 nitrogen and oxygen atoms in total. The highest BCUT2D eigenvalue weighted by molar-refractivity contribution is 5.85. The van der Waals surface area contributed by atoms with E-state index >= 15 is 0 Å². The number of benzene rings is 1. The Bertz CT molecular complexity index is 522. The lowest BCUT2D eigenvalue weighted by atomic mass is 10.2. The van der Waals surface area contributed by atoms with Gasteiger partial charge < -0.3 is 14.0 Å². The van der Waals surface area contributed by atoms with Crippen molar-refractivity contribution in [1.29, 1.82) is 0 Å². The molecule has 0 bridgehead atoms. The smallest absolute Gasteiger partial charge is 0.374 e. The second-order valence-electron chi connectivity index (χ2n) is 3.97. The third kappa shape index (κ3) is 3.66. The fourth-order valence-electron chi connectivity index (χ4n) is 1.70. The number of hydrogen-bond acceptors (Lipinski definition) is 4. The van der Waals surface area contributed by atoms with Gasteiger partial charge in [-0.15, -0.1) is 0 Å². The lowest BCUT2D eigenvalue weighted by molar-refractivity contribution is 0.0575. The maximum Gasteiger partial charge on any atom is 0.374 e. The normalized spacial score (nSPS) is 10.4.